The smallest absolute Gasteiger partial charge is 0.462 e. The Balaban J connectivity index is 5.20. The third-order valence-corrected chi connectivity index (χ3v) is 20.9. The summed E-state index contributed by atoms with van der Waals surface area (Å²) in [6.45, 7) is 11.9. The minimum Gasteiger partial charge on any atom is -0.462 e. The van der Waals surface area contributed by atoms with E-state index in [1.807, 2.05) is 0 Å². The number of phosphoric ester groups is 2. The van der Waals surface area contributed by atoms with E-state index in [2.05, 4.69) is 48.5 Å². The van der Waals surface area contributed by atoms with Crippen LogP contribution in [0.5, 0.6) is 0 Å². The first-order chi connectivity index (χ1) is 47.8. The van der Waals surface area contributed by atoms with Crippen LogP contribution in [0.1, 0.15) is 414 Å². The summed E-state index contributed by atoms with van der Waals surface area (Å²) in [6, 6.07) is 0. The Morgan fingerprint density at radius 2 is 0.515 bits per heavy atom. The summed E-state index contributed by atoms with van der Waals surface area (Å²) in [4.78, 5) is 72.9. The molecule has 3 unspecified atom stereocenters. The number of hydrogen-bond donors (Lipinski definition) is 3. The Morgan fingerprint density at radius 3 is 0.768 bits per heavy atom. The maximum atomic E-state index is 13.1. The lowest BCUT2D eigenvalue weighted by Gasteiger charge is -2.21. The van der Waals surface area contributed by atoms with E-state index in [4.69, 9.17) is 37.0 Å². The monoisotopic (exact) mass is 1450 g/mol. The zero-order valence-corrected chi connectivity index (χ0v) is 66.8. The first kappa shape index (κ1) is 97.1. The minimum absolute atomic E-state index is 0.104. The first-order valence-corrected chi connectivity index (χ1v) is 44.4. The fourth-order valence-corrected chi connectivity index (χ4v) is 13.9. The van der Waals surface area contributed by atoms with Gasteiger partial charge in [0.1, 0.15) is 19.3 Å². The topological polar surface area (TPSA) is 237 Å². The zero-order valence-electron chi connectivity index (χ0n) is 65.0. The van der Waals surface area contributed by atoms with Crippen molar-refractivity contribution in [2.45, 2.75) is 433 Å². The summed E-state index contributed by atoms with van der Waals surface area (Å²) in [6.07, 6.45) is 58.5. The molecular formula is C80H156O17P2. The number of unbranched alkanes of at least 4 members (excludes halogenated alkanes) is 45. The molecule has 588 valence electrons. The molecule has 0 saturated carbocycles. The number of aliphatic hydroxyl groups excluding tert-OH is 1. The molecule has 0 radical (unpaired) electrons. The van der Waals surface area contributed by atoms with Crippen LogP contribution in [0.25, 0.3) is 0 Å². The van der Waals surface area contributed by atoms with Crippen molar-refractivity contribution in [2.75, 3.05) is 39.6 Å². The molecule has 0 heterocycles. The van der Waals surface area contributed by atoms with Gasteiger partial charge in [-0.05, 0) is 43.4 Å². The minimum atomic E-state index is -4.96. The van der Waals surface area contributed by atoms with E-state index in [-0.39, 0.29) is 25.7 Å². The molecule has 0 bridgehead atoms. The van der Waals surface area contributed by atoms with Crippen LogP contribution in [0.2, 0.25) is 0 Å². The van der Waals surface area contributed by atoms with Crippen LogP contribution in [-0.4, -0.2) is 96.7 Å². The summed E-state index contributed by atoms with van der Waals surface area (Å²) in [5.41, 5.74) is 0. The van der Waals surface area contributed by atoms with Gasteiger partial charge in [0.25, 0.3) is 0 Å². The molecule has 0 aromatic heterocycles. The van der Waals surface area contributed by atoms with Crippen molar-refractivity contribution in [1.82, 2.24) is 0 Å². The fourth-order valence-electron chi connectivity index (χ4n) is 12.3. The van der Waals surface area contributed by atoms with Gasteiger partial charge in [0, 0.05) is 25.7 Å². The number of hydrogen-bond acceptors (Lipinski definition) is 15. The van der Waals surface area contributed by atoms with Gasteiger partial charge in [-0.25, -0.2) is 9.13 Å². The average molecular weight is 1450 g/mol. The van der Waals surface area contributed by atoms with Gasteiger partial charge in [-0.3, -0.25) is 37.3 Å². The van der Waals surface area contributed by atoms with Gasteiger partial charge in [-0.15, -0.1) is 0 Å². The summed E-state index contributed by atoms with van der Waals surface area (Å²) < 4.78 is 68.6. The molecule has 0 aromatic rings. The third-order valence-electron chi connectivity index (χ3n) is 19.0. The molecule has 0 fully saturated rings. The van der Waals surface area contributed by atoms with Crippen LogP contribution < -0.4 is 0 Å². The summed E-state index contributed by atoms with van der Waals surface area (Å²) in [7, 11) is -9.92. The molecule has 0 saturated heterocycles. The molecule has 6 atom stereocenters. The van der Waals surface area contributed by atoms with E-state index in [1.54, 1.807) is 0 Å². The van der Waals surface area contributed by atoms with Crippen molar-refractivity contribution < 1.29 is 80.2 Å². The molecule has 99 heavy (non-hydrogen) atoms. The van der Waals surface area contributed by atoms with Crippen LogP contribution in [0.15, 0.2) is 0 Å². The zero-order chi connectivity index (χ0) is 73.0. The number of esters is 4. The largest absolute Gasteiger partial charge is 0.472 e. The van der Waals surface area contributed by atoms with E-state index < -0.39 is 97.5 Å². The number of carbonyl (C=O) groups is 4. The lowest BCUT2D eigenvalue weighted by Crippen LogP contribution is -2.30. The number of carbonyl (C=O) groups excluding carboxylic acids is 4. The van der Waals surface area contributed by atoms with E-state index >= 15 is 0 Å². The van der Waals surface area contributed by atoms with Crippen molar-refractivity contribution in [1.29, 1.82) is 0 Å². The molecule has 19 heteroatoms. The van der Waals surface area contributed by atoms with Crippen LogP contribution in [0.4, 0.5) is 0 Å². The Bertz CT molecular complexity index is 1920. The Labute approximate surface area is 607 Å². The molecule has 17 nitrogen and oxygen atoms in total. The Morgan fingerprint density at radius 1 is 0.293 bits per heavy atom. The van der Waals surface area contributed by atoms with Gasteiger partial charge < -0.3 is 33.8 Å². The Kier molecular flexibility index (Phi) is 69.0. The molecule has 0 aliphatic heterocycles. The molecule has 3 N–H and O–H groups in total. The normalized spacial score (nSPS) is 14.3. The van der Waals surface area contributed by atoms with Crippen LogP contribution >= 0.6 is 15.6 Å². The summed E-state index contributed by atoms with van der Waals surface area (Å²) >= 11 is 0. The standard InChI is InChI=1S/C80H156O17P2/c1-8-10-11-12-13-14-15-16-17-23-26-29-32-40-47-54-61-77(82)90-67-75(96-79(84)63-56-49-41-33-30-27-24-21-19-18-20-22-25-28-31-39-46-53-60-73(7)9-2)69-94-98(86,87)92-65-74(81)66-93-99(88,89)95-70-76(68-91-78(83)62-55-48-43-36-38-45-52-59-72(5)6)97-80(85)64-57-50-42-35-34-37-44-51-58-71(3)4/h71-76,81H,8-70H2,1-7H3,(H,86,87)(H,88,89)/t73?,74-,75-,76-/m1/s1. The van der Waals surface area contributed by atoms with Crippen molar-refractivity contribution >= 4 is 39.5 Å². The predicted molar refractivity (Wildman–Crippen MR) is 405 cm³/mol. The van der Waals surface area contributed by atoms with Gasteiger partial charge in [0.2, 0.25) is 0 Å². The second-order valence-electron chi connectivity index (χ2n) is 30.0. The van der Waals surface area contributed by atoms with E-state index in [0.717, 1.165) is 108 Å². The molecule has 0 aromatic carbocycles. The molecule has 0 spiro atoms. The fraction of sp³-hybridized carbons (Fsp3) is 0.950. The number of phosphoric acid groups is 2. The number of aliphatic hydroxyl groups is 1. The van der Waals surface area contributed by atoms with Crippen LogP contribution in [0.3, 0.4) is 0 Å². The van der Waals surface area contributed by atoms with Crippen molar-refractivity contribution in [3.63, 3.8) is 0 Å². The predicted octanol–water partition coefficient (Wildman–Crippen LogP) is 23.7. The lowest BCUT2D eigenvalue weighted by molar-refractivity contribution is -0.161. The highest BCUT2D eigenvalue weighted by Gasteiger charge is 2.30. The summed E-state index contributed by atoms with van der Waals surface area (Å²) in [5.74, 6) is 0.179. The quantitative estimate of drug-likeness (QED) is 0.0222. The van der Waals surface area contributed by atoms with Gasteiger partial charge >= 0.3 is 39.5 Å². The van der Waals surface area contributed by atoms with Gasteiger partial charge in [-0.2, -0.15) is 0 Å². The van der Waals surface area contributed by atoms with Gasteiger partial charge in [0.15, 0.2) is 12.2 Å². The van der Waals surface area contributed by atoms with E-state index in [0.29, 0.717) is 31.6 Å². The molecule has 0 aliphatic carbocycles. The molecule has 0 aliphatic rings. The molecule has 0 rings (SSSR count). The maximum absolute atomic E-state index is 13.1. The highest BCUT2D eigenvalue weighted by atomic mass is 31.2. The Hall–Kier alpha value is -1.94. The average Bonchev–Trinajstić information content (AvgIpc) is 0.985. The second kappa shape index (κ2) is 70.4. The third kappa shape index (κ3) is 72.8. The van der Waals surface area contributed by atoms with Crippen molar-refractivity contribution in [3.05, 3.63) is 0 Å². The van der Waals surface area contributed by atoms with E-state index in [1.165, 1.54) is 218 Å². The number of ether oxygens (including phenoxy) is 4. The van der Waals surface area contributed by atoms with Crippen LogP contribution in [0, 0.1) is 17.8 Å². The SMILES string of the molecule is CCCCCCCCCCCCCCCCCCC(=O)OC[C@H](COP(=O)(O)OC[C@@H](O)COP(=O)(O)OC[C@@H](COC(=O)CCCCCCCCCC(C)C)OC(=O)CCCCCCCCCCC(C)C)OC(=O)CCCCCCCCCCCCCCCCCCCCC(C)CC. The summed E-state index contributed by atoms with van der Waals surface area (Å²) in [5, 5.41) is 10.6. The highest BCUT2D eigenvalue weighted by Crippen LogP contribution is 2.45. The van der Waals surface area contributed by atoms with Gasteiger partial charge in [-0.1, -0.05) is 363 Å². The van der Waals surface area contributed by atoms with E-state index in [9.17, 15) is 43.2 Å². The molecular weight excluding hydrogens is 1290 g/mol. The van der Waals surface area contributed by atoms with Crippen LogP contribution in [-0.2, 0) is 65.4 Å². The number of rotatable bonds is 78. The lowest BCUT2D eigenvalue weighted by atomic mass is 9.99. The van der Waals surface area contributed by atoms with Crippen molar-refractivity contribution in [3.8, 4) is 0 Å². The first-order valence-electron chi connectivity index (χ1n) is 41.4. The maximum Gasteiger partial charge on any atom is 0.472 e. The van der Waals surface area contributed by atoms with Crippen molar-refractivity contribution in [2.24, 2.45) is 17.8 Å². The molecule has 0 amide bonds. The highest BCUT2D eigenvalue weighted by molar-refractivity contribution is 7.47. The van der Waals surface area contributed by atoms with Gasteiger partial charge in [0.05, 0.1) is 26.4 Å². The second-order valence-corrected chi connectivity index (χ2v) is 32.9.